The molecule has 8 nitrogen and oxygen atoms in total. The summed E-state index contributed by atoms with van der Waals surface area (Å²) in [7, 11) is 0. The summed E-state index contributed by atoms with van der Waals surface area (Å²) in [6.45, 7) is -1.26. The number of rotatable bonds is 5. The van der Waals surface area contributed by atoms with Crippen LogP contribution in [-0.2, 0) is 0 Å². The molecule has 2 aromatic heterocycles. The molecule has 124 valence electrons. The van der Waals surface area contributed by atoms with Crippen LogP contribution < -0.4 is 20.7 Å². The molecular formula is C13H17F2N7O. The van der Waals surface area contributed by atoms with Crippen LogP contribution in [0.25, 0.3) is 0 Å². The van der Waals surface area contributed by atoms with Crippen molar-refractivity contribution in [2.24, 2.45) is 5.73 Å². The Hall–Kier alpha value is -2.49. The van der Waals surface area contributed by atoms with E-state index < -0.39 is 6.61 Å². The zero-order valence-electron chi connectivity index (χ0n) is 12.2. The van der Waals surface area contributed by atoms with Crippen LogP contribution in [0.2, 0.25) is 0 Å². The number of alkyl halides is 2. The number of piperidine rings is 1. The van der Waals surface area contributed by atoms with Gasteiger partial charge >= 0.3 is 6.61 Å². The number of nitrogens with one attached hydrogen (secondary N) is 2. The Morgan fingerprint density at radius 2 is 2.13 bits per heavy atom. The molecule has 0 amide bonds. The minimum absolute atomic E-state index is 0.198. The van der Waals surface area contributed by atoms with Gasteiger partial charge in [-0.2, -0.15) is 8.78 Å². The maximum absolute atomic E-state index is 12.1. The molecule has 0 aromatic carbocycles. The molecule has 1 aliphatic rings. The van der Waals surface area contributed by atoms with Gasteiger partial charge in [-0.25, -0.2) is 4.98 Å². The van der Waals surface area contributed by atoms with E-state index in [9.17, 15) is 8.78 Å². The number of nitrogens with two attached hydrogens (primary N) is 1. The minimum atomic E-state index is -2.92. The first-order valence-electron chi connectivity index (χ1n) is 7.20. The van der Waals surface area contributed by atoms with Crippen LogP contribution in [0.1, 0.15) is 12.8 Å². The molecule has 1 aliphatic heterocycles. The summed E-state index contributed by atoms with van der Waals surface area (Å²) in [5, 5.41) is 9.08. The summed E-state index contributed by atoms with van der Waals surface area (Å²) >= 11 is 0. The van der Waals surface area contributed by atoms with E-state index in [1.807, 2.05) is 0 Å². The lowest BCUT2D eigenvalue weighted by Gasteiger charge is -2.30. The van der Waals surface area contributed by atoms with Crippen LogP contribution in [0.15, 0.2) is 18.5 Å². The van der Waals surface area contributed by atoms with Crippen LogP contribution >= 0.6 is 0 Å². The van der Waals surface area contributed by atoms with Gasteiger partial charge in [0.05, 0.1) is 12.4 Å². The molecule has 4 N–H and O–H groups in total. The molecule has 3 rings (SSSR count). The second-order valence-electron chi connectivity index (χ2n) is 5.21. The molecule has 1 saturated heterocycles. The number of aromatic amines is 1. The summed E-state index contributed by atoms with van der Waals surface area (Å²) in [5.74, 6) is 1.40. The maximum atomic E-state index is 12.1. The average molecular weight is 325 g/mol. The lowest BCUT2D eigenvalue weighted by Crippen LogP contribution is -2.40. The van der Waals surface area contributed by atoms with Crippen molar-refractivity contribution in [3.05, 3.63) is 18.5 Å². The van der Waals surface area contributed by atoms with Crippen LogP contribution in [0.3, 0.4) is 0 Å². The molecule has 0 spiro atoms. The van der Waals surface area contributed by atoms with Gasteiger partial charge in [0, 0.05) is 25.2 Å². The SMILES string of the molecule is NC1CCN(c2cncc(Nc3cc(OC(F)F)n[nH]3)n2)CC1. The van der Waals surface area contributed by atoms with Crippen molar-refractivity contribution in [2.75, 3.05) is 23.3 Å². The van der Waals surface area contributed by atoms with E-state index in [0.29, 0.717) is 11.6 Å². The van der Waals surface area contributed by atoms with E-state index in [0.717, 1.165) is 31.7 Å². The molecule has 0 bridgehead atoms. The first-order valence-corrected chi connectivity index (χ1v) is 7.20. The summed E-state index contributed by atoms with van der Waals surface area (Å²) in [5.41, 5.74) is 5.89. The second-order valence-corrected chi connectivity index (χ2v) is 5.21. The molecule has 0 radical (unpaired) electrons. The molecule has 3 heterocycles. The Morgan fingerprint density at radius 3 is 2.87 bits per heavy atom. The maximum Gasteiger partial charge on any atom is 0.388 e. The molecule has 2 aromatic rings. The highest BCUT2D eigenvalue weighted by molar-refractivity contribution is 5.54. The van der Waals surface area contributed by atoms with Crippen molar-refractivity contribution in [1.82, 2.24) is 20.2 Å². The molecule has 0 saturated carbocycles. The number of anilines is 3. The highest BCUT2D eigenvalue weighted by Gasteiger charge is 2.18. The van der Waals surface area contributed by atoms with Crippen LogP contribution in [-0.4, -0.2) is 45.9 Å². The van der Waals surface area contributed by atoms with Gasteiger partial charge in [-0.3, -0.25) is 10.1 Å². The van der Waals surface area contributed by atoms with Gasteiger partial charge in [0.2, 0.25) is 5.88 Å². The molecule has 23 heavy (non-hydrogen) atoms. The van der Waals surface area contributed by atoms with Crippen molar-refractivity contribution in [3.63, 3.8) is 0 Å². The fourth-order valence-corrected chi connectivity index (χ4v) is 2.35. The Kier molecular flexibility index (Phi) is 4.51. The third kappa shape index (κ3) is 4.03. The van der Waals surface area contributed by atoms with Gasteiger partial charge in [0.1, 0.15) is 11.6 Å². The lowest BCUT2D eigenvalue weighted by atomic mass is 10.1. The summed E-state index contributed by atoms with van der Waals surface area (Å²) in [6, 6.07) is 1.55. The van der Waals surface area contributed by atoms with Gasteiger partial charge in [-0.05, 0) is 12.8 Å². The van der Waals surface area contributed by atoms with Gasteiger partial charge in [-0.1, -0.05) is 0 Å². The van der Waals surface area contributed by atoms with Crippen LogP contribution in [0, 0.1) is 0 Å². The normalized spacial score (nSPS) is 15.9. The predicted molar refractivity (Wildman–Crippen MR) is 80.0 cm³/mol. The highest BCUT2D eigenvalue weighted by Crippen LogP contribution is 2.21. The average Bonchev–Trinajstić information content (AvgIpc) is 2.94. The number of hydrogen-bond acceptors (Lipinski definition) is 7. The summed E-state index contributed by atoms with van der Waals surface area (Å²) in [6.07, 6.45) is 5.04. The van der Waals surface area contributed by atoms with Gasteiger partial charge < -0.3 is 20.7 Å². The van der Waals surface area contributed by atoms with E-state index >= 15 is 0 Å². The van der Waals surface area contributed by atoms with E-state index in [-0.39, 0.29) is 11.9 Å². The summed E-state index contributed by atoms with van der Waals surface area (Å²) in [4.78, 5) is 10.7. The monoisotopic (exact) mass is 325 g/mol. The third-order valence-corrected chi connectivity index (χ3v) is 3.51. The first-order chi connectivity index (χ1) is 11.1. The van der Waals surface area contributed by atoms with Crippen molar-refractivity contribution in [1.29, 1.82) is 0 Å². The number of nitrogens with zero attached hydrogens (tertiary/aromatic N) is 4. The van der Waals surface area contributed by atoms with E-state index in [1.165, 1.54) is 12.3 Å². The van der Waals surface area contributed by atoms with E-state index in [1.54, 1.807) is 6.20 Å². The lowest BCUT2D eigenvalue weighted by molar-refractivity contribution is -0.0528. The zero-order chi connectivity index (χ0) is 16.2. The van der Waals surface area contributed by atoms with Gasteiger partial charge in [0.25, 0.3) is 0 Å². The smallest absolute Gasteiger partial charge is 0.388 e. The Balaban J connectivity index is 1.66. The quantitative estimate of drug-likeness (QED) is 0.764. The fraction of sp³-hybridized carbons (Fsp3) is 0.462. The van der Waals surface area contributed by atoms with Crippen molar-refractivity contribution >= 4 is 17.5 Å². The number of ether oxygens (including phenoxy) is 1. The molecule has 1 fully saturated rings. The first kappa shape index (κ1) is 15.4. The number of aromatic nitrogens is 4. The Morgan fingerprint density at radius 1 is 1.35 bits per heavy atom. The van der Waals surface area contributed by atoms with E-state index in [2.05, 4.69) is 35.1 Å². The highest BCUT2D eigenvalue weighted by atomic mass is 19.3. The third-order valence-electron chi connectivity index (χ3n) is 3.51. The standard InChI is InChI=1S/C13H17F2N7O/c14-13(15)23-12-5-9(20-21-12)18-10-6-17-7-11(19-10)22-3-1-8(16)2-4-22/h5-8,13H,1-4,16H2,(H2,18,19,20,21). The van der Waals surface area contributed by atoms with Crippen molar-refractivity contribution in [2.45, 2.75) is 25.5 Å². The van der Waals surface area contributed by atoms with Crippen molar-refractivity contribution < 1.29 is 13.5 Å². The molecule has 10 heteroatoms. The summed E-state index contributed by atoms with van der Waals surface area (Å²) < 4.78 is 28.4. The zero-order valence-corrected chi connectivity index (χ0v) is 12.2. The Bertz CT molecular complexity index is 643. The van der Waals surface area contributed by atoms with Gasteiger partial charge in [0.15, 0.2) is 5.82 Å². The largest absolute Gasteiger partial charge is 0.415 e. The predicted octanol–water partition coefficient (Wildman–Crippen LogP) is 1.47. The minimum Gasteiger partial charge on any atom is -0.415 e. The second kappa shape index (κ2) is 6.73. The van der Waals surface area contributed by atoms with E-state index in [4.69, 9.17) is 5.73 Å². The topological polar surface area (TPSA) is 105 Å². The van der Waals surface area contributed by atoms with Gasteiger partial charge in [-0.15, -0.1) is 5.10 Å². The molecule has 0 unspecified atom stereocenters. The van der Waals surface area contributed by atoms with Crippen LogP contribution in [0.4, 0.5) is 26.2 Å². The number of halogens is 2. The van der Waals surface area contributed by atoms with Crippen molar-refractivity contribution in [3.8, 4) is 5.88 Å². The Labute approximate surface area is 131 Å². The molecule has 0 atom stereocenters. The molecular weight excluding hydrogens is 308 g/mol. The number of hydrogen-bond donors (Lipinski definition) is 3. The van der Waals surface area contributed by atoms with Crippen LogP contribution in [0.5, 0.6) is 5.88 Å². The molecule has 0 aliphatic carbocycles. The number of H-pyrrole nitrogens is 1. The fourth-order valence-electron chi connectivity index (χ4n) is 2.35.